The third kappa shape index (κ3) is 3.91. The molecule has 2 rings (SSSR count). The number of hydrogen-bond acceptors (Lipinski definition) is 5. The van der Waals surface area contributed by atoms with Crippen LogP contribution < -0.4 is 10.8 Å². The molecule has 1 fully saturated rings. The molecule has 2 heterocycles. The Morgan fingerprint density at radius 1 is 0.958 bits per heavy atom. The Morgan fingerprint density at radius 2 is 1.46 bits per heavy atom. The van der Waals surface area contributed by atoms with Gasteiger partial charge in [0.15, 0.2) is 0 Å². The second-order valence-electron chi connectivity index (χ2n) is 9.71. The SMILES string of the molecule is CC(C)(C)Nc1ncc(B2OC(C)(C)C(C)(C)O2)c(C(C)(C)C)n1. The molecular formula is C18H32BN3O2. The molecule has 0 bridgehead atoms. The van der Waals surface area contributed by atoms with Gasteiger partial charge in [-0.1, -0.05) is 20.8 Å². The summed E-state index contributed by atoms with van der Waals surface area (Å²) in [6.45, 7) is 20.9. The number of nitrogens with zero attached hydrogens (tertiary/aromatic N) is 2. The van der Waals surface area contributed by atoms with E-state index in [4.69, 9.17) is 14.3 Å². The summed E-state index contributed by atoms with van der Waals surface area (Å²) >= 11 is 0. The Labute approximate surface area is 147 Å². The Kier molecular flexibility index (Phi) is 4.56. The molecule has 0 spiro atoms. The van der Waals surface area contributed by atoms with E-state index in [9.17, 15) is 0 Å². The van der Waals surface area contributed by atoms with Crippen molar-refractivity contribution < 1.29 is 9.31 Å². The van der Waals surface area contributed by atoms with E-state index < -0.39 is 7.12 Å². The van der Waals surface area contributed by atoms with E-state index in [0.29, 0.717) is 5.95 Å². The molecule has 1 saturated heterocycles. The maximum Gasteiger partial charge on any atom is 0.498 e. The molecule has 24 heavy (non-hydrogen) atoms. The third-order valence-electron chi connectivity index (χ3n) is 4.52. The van der Waals surface area contributed by atoms with E-state index >= 15 is 0 Å². The topological polar surface area (TPSA) is 56.3 Å². The Morgan fingerprint density at radius 3 is 1.88 bits per heavy atom. The lowest BCUT2D eigenvalue weighted by molar-refractivity contribution is 0.00578. The molecule has 1 aliphatic rings. The molecule has 1 N–H and O–H groups in total. The van der Waals surface area contributed by atoms with Gasteiger partial charge in [0.05, 0.1) is 16.9 Å². The fourth-order valence-electron chi connectivity index (χ4n) is 2.53. The van der Waals surface area contributed by atoms with Gasteiger partial charge in [-0.25, -0.2) is 9.97 Å². The summed E-state index contributed by atoms with van der Waals surface area (Å²) in [5.41, 5.74) is 0.852. The number of nitrogens with one attached hydrogen (secondary N) is 1. The second kappa shape index (κ2) is 5.70. The Hall–Kier alpha value is -1.14. The highest BCUT2D eigenvalue weighted by Crippen LogP contribution is 2.37. The minimum Gasteiger partial charge on any atom is -0.399 e. The van der Waals surface area contributed by atoms with Crippen molar-refractivity contribution in [3.05, 3.63) is 11.9 Å². The number of hydrogen-bond donors (Lipinski definition) is 1. The van der Waals surface area contributed by atoms with Gasteiger partial charge in [0.2, 0.25) is 5.95 Å². The van der Waals surface area contributed by atoms with E-state index in [0.717, 1.165) is 11.2 Å². The molecule has 0 amide bonds. The van der Waals surface area contributed by atoms with Crippen molar-refractivity contribution in [1.82, 2.24) is 9.97 Å². The van der Waals surface area contributed by atoms with Crippen molar-refractivity contribution in [2.45, 2.75) is 91.4 Å². The molecule has 0 atom stereocenters. The van der Waals surface area contributed by atoms with Gasteiger partial charge in [-0.15, -0.1) is 0 Å². The number of anilines is 1. The molecule has 0 aliphatic carbocycles. The lowest BCUT2D eigenvalue weighted by Gasteiger charge is -2.32. The summed E-state index contributed by atoms with van der Waals surface area (Å²) in [5.74, 6) is 0.632. The largest absolute Gasteiger partial charge is 0.498 e. The van der Waals surface area contributed by atoms with E-state index in [-0.39, 0.29) is 22.2 Å². The summed E-state index contributed by atoms with van der Waals surface area (Å²) in [6.07, 6.45) is 1.84. The Bertz CT molecular complexity index is 600. The van der Waals surface area contributed by atoms with Crippen molar-refractivity contribution in [3.63, 3.8) is 0 Å². The summed E-state index contributed by atoms with van der Waals surface area (Å²) in [4.78, 5) is 9.28. The van der Waals surface area contributed by atoms with E-state index in [1.54, 1.807) is 0 Å². The minimum absolute atomic E-state index is 0.0962. The van der Waals surface area contributed by atoms with Crippen molar-refractivity contribution >= 4 is 18.5 Å². The zero-order valence-corrected chi connectivity index (χ0v) is 16.9. The first-order valence-corrected chi connectivity index (χ1v) is 8.64. The zero-order valence-electron chi connectivity index (χ0n) is 16.9. The number of rotatable bonds is 2. The minimum atomic E-state index is -0.451. The van der Waals surface area contributed by atoms with Crippen molar-refractivity contribution in [2.24, 2.45) is 0 Å². The van der Waals surface area contributed by atoms with Gasteiger partial charge in [-0.2, -0.15) is 0 Å². The van der Waals surface area contributed by atoms with Crippen molar-refractivity contribution in [1.29, 1.82) is 0 Å². The highest BCUT2D eigenvalue weighted by molar-refractivity contribution is 6.62. The van der Waals surface area contributed by atoms with Crippen LogP contribution in [0.1, 0.15) is 74.9 Å². The first-order chi connectivity index (χ1) is 10.6. The van der Waals surface area contributed by atoms with Gasteiger partial charge >= 0.3 is 7.12 Å². The molecule has 0 unspecified atom stereocenters. The summed E-state index contributed by atoms with van der Waals surface area (Å²) < 4.78 is 12.4. The second-order valence-corrected chi connectivity index (χ2v) is 9.71. The van der Waals surface area contributed by atoms with Crippen LogP contribution >= 0.6 is 0 Å². The van der Waals surface area contributed by atoms with E-state index in [2.05, 4.69) is 79.5 Å². The Balaban J connectivity index is 2.44. The van der Waals surface area contributed by atoms with Gasteiger partial charge in [0.1, 0.15) is 0 Å². The monoisotopic (exact) mass is 333 g/mol. The van der Waals surface area contributed by atoms with Gasteiger partial charge in [-0.3, -0.25) is 0 Å². The van der Waals surface area contributed by atoms with Gasteiger partial charge in [-0.05, 0) is 48.5 Å². The smallest absolute Gasteiger partial charge is 0.399 e. The van der Waals surface area contributed by atoms with Crippen LogP contribution in [0.4, 0.5) is 5.95 Å². The maximum absolute atomic E-state index is 6.20. The van der Waals surface area contributed by atoms with Crippen LogP contribution in [0.25, 0.3) is 0 Å². The van der Waals surface area contributed by atoms with Gasteiger partial charge in [0, 0.05) is 22.6 Å². The molecule has 1 aromatic rings. The lowest BCUT2D eigenvalue weighted by Crippen LogP contribution is -2.41. The quantitative estimate of drug-likeness (QED) is 0.842. The summed E-state index contributed by atoms with van der Waals surface area (Å²) in [6, 6.07) is 0. The molecule has 0 saturated carbocycles. The van der Waals surface area contributed by atoms with E-state index in [1.807, 2.05) is 6.20 Å². The third-order valence-corrected chi connectivity index (χ3v) is 4.52. The molecule has 0 radical (unpaired) electrons. The van der Waals surface area contributed by atoms with Crippen LogP contribution in [0.15, 0.2) is 6.20 Å². The van der Waals surface area contributed by atoms with Crippen LogP contribution in [0.5, 0.6) is 0 Å². The molecule has 6 heteroatoms. The van der Waals surface area contributed by atoms with Gasteiger partial charge in [0.25, 0.3) is 0 Å². The molecular weight excluding hydrogens is 301 g/mol. The van der Waals surface area contributed by atoms with E-state index in [1.165, 1.54) is 0 Å². The molecule has 1 aromatic heterocycles. The molecule has 0 aromatic carbocycles. The lowest BCUT2D eigenvalue weighted by atomic mass is 9.73. The highest BCUT2D eigenvalue weighted by atomic mass is 16.7. The van der Waals surface area contributed by atoms with Crippen LogP contribution in [-0.2, 0) is 14.7 Å². The first-order valence-electron chi connectivity index (χ1n) is 8.64. The summed E-state index contributed by atoms with van der Waals surface area (Å²) in [5, 5.41) is 3.34. The molecule has 134 valence electrons. The van der Waals surface area contributed by atoms with Gasteiger partial charge < -0.3 is 14.6 Å². The zero-order chi connectivity index (χ0) is 18.6. The van der Waals surface area contributed by atoms with Crippen molar-refractivity contribution in [3.8, 4) is 0 Å². The normalized spacial score (nSPS) is 20.3. The summed E-state index contributed by atoms with van der Waals surface area (Å²) in [7, 11) is -0.451. The predicted octanol–water partition coefficient (Wildman–Crippen LogP) is 3.28. The van der Waals surface area contributed by atoms with Crippen LogP contribution in [0, 0.1) is 0 Å². The molecule has 1 aliphatic heterocycles. The fraction of sp³-hybridized carbons (Fsp3) is 0.778. The van der Waals surface area contributed by atoms with Crippen LogP contribution in [0.2, 0.25) is 0 Å². The highest BCUT2D eigenvalue weighted by Gasteiger charge is 2.53. The average molecular weight is 333 g/mol. The van der Waals surface area contributed by atoms with Crippen LogP contribution in [0.3, 0.4) is 0 Å². The average Bonchev–Trinajstić information content (AvgIpc) is 2.55. The first kappa shape index (κ1) is 19.2. The maximum atomic E-state index is 6.20. The number of aromatic nitrogens is 2. The predicted molar refractivity (Wildman–Crippen MR) is 99.8 cm³/mol. The fourth-order valence-corrected chi connectivity index (χ4v) is 2.53. The standard InChI is InChI=1S/C18H32BN3O2/c1-15(2,3)13-12(11-20-14(21-13)22-16(4,5)6)19-23-17(7,8)18(9,10)24-19/h11H,1-10H3,(H,20,21,22). The van der Waals surface area contributed by atoms with Crippen molar-refractivity contribution in [2.75, 3.05) is 5.32 Å². The molecule has 5 nitrogen and oxygen atoms in total. The van der Waals surface area contributed by atoms with Crippen LogP contribution in [-0.4, -0.2) is 33.8 Å².